The Hall–Kier alpha value is -2.74. The van der Waals surface area contributed by atoms with Crippen LogP contribution in [0.1, 0.15) is 44.5 Å². The second-order valence-corrected chi connectivity index (χ2v) is 7.47. The van der Waals surface area contributed by atoms with E-state index < -0.39 is 10.8 Å². The number of amides is 2. The van der Waals surface area contributed by atoms with Crippen molar-refractivity contribution in [2.75, 3.05) is 12.4 Å². The molecule has 8 heteroatoms. The predicted octanol–water partition coefficient (Wildman–Crippen LogP) is 3.39. The lowest BCUT2D eigenvalue weighted by Gasteiger charge is -2.18. The first-order chi connectivity index (χ1) is 12.4. The van der Waals surface area contributed by atoms with E-state index in [-0.39, 0.29) is 17.2 Å². The summed E-state index contributed by atoms with van der Waals surface area (Å²) in [5.74, 6) is -0.318. The molecule has 2 N–H and O–H groups in total. The van der Waals surface area contributed by atoms with E-state index >= 15 is 0 Å². The molecule has 2 aromatic rings. The van der Waals surface area contributed by atoms with Crippen LogP contribution in [0.15, 0.2) is 24.3 Å². The fourth-order valence-corrected chi connectivity index (χ4v) is 4.60. The Bertz CT molecular complexity index is 891. The van der Waals surface area contributed by atoms with Gasteiger partial charge in [-0.05, 0) is 36.8 Å². The van der Waals surface area contributed by atoms with Crippen molar-refractivity contribution in [2.24, 2.45) is 5.92 Å². The summed E-state index contributed by atoms with van der Waals surface area (Å²) in [5, 5.41) is 17.0. The molecule has 0 fully saturated rings. The first-order valence-corrected chi connectivity index (χ1v) is 9.15. The number of thiophene rings is 1. The molecule has 1 aromatic heterocycles. The zero-order valence-corrected chi connectivity index (χ0v) is 15.3. The number of carbonyl (C=O) groups excluding carboxylic acids is 2. The fourth-order valence-electron chi connectivity index (χ4n) is 3.20. The van der Waals surface area contributed by atoms with Gasteiger partial charge in [-0.15, -0.1) is 11.3 Å². The quantitative estimate of drug-likeness (QED) is 0.633. The monoisotopic (exact) mass is 373 g/mol. The summed E-state index contributed by atoms with van der Waals surface area (Å²) in [6, 6.07) is 5.77. The maximum atomic E-state index is 12.6. The van der Waals surface area contributed by atoms with E-state index in [9.17, 15) is 19.7 Å². The van der Waals surface area contributed by atoms with Crippen LogP contribution in [0.5, 0.6) is 0 Å². The van der Waals surface area contributed by atoms with E-state index in [0.29, 0.717) is 16.5 Å². The second kappa shape index (κ2) is 7.25. The highest BCUT2D eigenvalue weighted by Gasteiger charge is 2.29. The van der Waals surface area contributed by atoms with Crippen molar-refractivity contribution in [3.8, 4) is 0 Å². The van der Waals surface area contributed by atoms with Crippen molar-refractivity contribution < 1.29 is 14.5 Å². The molecular formula is C18H19N3O4S. The SMILES string of the molecule is CNC(=O)c1c(NC(=O)c2ccccc2[N+](=O)[O-])sc2c1CC[C@H](C)C2. The van der Waals surface area contributed by atoms with E-state index in [2.05, 4.69) is 17.6 Å². The number of hydrogen-bond donors (Lipinski definition) is 2. The van der Waals surface area contributed by atoms with Crippen LogP contribution in [0.2, 0.25) is 0 Å². The highest BCUT2D eigenvalue weighted by atomic mass is 32.1. The van der Waals surface area contributed by atoms with Gasteiger partial charge in [0.2, 0.25) is 0 Å². The topological polar surface area (TPSA) is 101 Å². The van der Waals surface area contributed by atoms with Gasteiger partial charge < -0.3 is 10.6 Å². The molecule has 0 aliphatic heterocycles. The third-order valence-corrected chi connectivity index (χ3v) is 5.71. The number of anilines is 1. The van der Waals surface area contributed by atoms with Gasteiger partial charge in [-0.3, -0.25) is 19.7 Å². The molecule has 1 aliphatic rings. The van der Waals surface area contributed by atoms with Crippen molar-refractivity contribution in [2.45, 2.75) is 26.2 Å². The Morgan fingerprint density at radius 1 is 1.27 bits per heavy atom. The number of nitro groups is 1. The Labute approximate surface area is 154 Å². The second-order valence-electron chi connectivity index (χ2n) is 6.36. The number of benzene rings is 1. The van der Waals surface area contributed by atoms with Gasteiger partial charge in [-0.1, -0.05) is 19.1 Å². The summed E-state index contributed by atoms with van der Waals surface area (Å²) in [4.78, 5) is 36.7. The molecule has 1 atom stereocenters. The average molecular weight is 373 g/mol. The molecule has 0 radical (unpaired) electrons. The maximum Gasteiger partial charge on any atom is 0.282 e. The Kier molecular flexibility index (Phi) is 5.03. The minimum atomic E-state index is -0.589. The lowest BCUT2D eigenvalue weighted by Crippen LogP contribution is -2.23. The Morgan fingerprint density at radius 3 is 2.69 bits per heavy atom. The molecule has 1 heterocycles. The van der Waals surface area contributed by atoms with Gasteiger partial charge in [-0.2, -0.15) is 0 Å². The largest absolute Gasteiger partial charge is 0.355 e. The molecule has 136 valence electrons. The third-order valence-electron chi connectivity index (χ3n) is 4.54. The molecule has 2 amide bonds. The molecule has 0 saturated carbocycles. The number of para-hydroxylation sites is 1. The number of nitrogens with one attached hydrogen (secondary N) is 2. The van der Waals surface area contributed by atoms with E-state index in [1.165, 1.54) is 29.5 Å². The summed E-state index contributed by atoms with van der Waals surface area (Å²) in [5.41, 5.74) is 1.16. The van der Waals surface area contributed by atoms with E-state index in [4.69, 9.17) is 0 Å². The van der Waals surface area contributed by atoms with Crippen molar-refractivity contribution in [1.29, 1.82) is 0 Å². The van der Waals surface area contributed by atoms with Crippen LogP contribution in [0.4, 0.5) is 10.7 Å². The number of fused-ring (bicyclic) bond motifs is 1. The molecule has 1 aromatic carbocycles. The van der Waals surface area contributed by atoms with Crippen LogP contribution in [-0.4, -0.2) is 23.8 Å². The van der Waals surface area contributed by atoms with Crippen LogP contribution < -0.4 is 10.6 Å². The summed E-state index contributed by atoms with van der Waals surface area (Å²) < 4.78 is 0. The van der Waals surface area contributed by atoms with Crippen LogP contribution in [0.3, 0.4) is 0 Å². The van der Waals surface area contributed by atoms with Gasteiger partial charge in [0.05, 0.1) is 10.5 Å². The zero-order valence-electron chi connectivity index (χ0n) is 14.5. The van der Waals surface area contributed by atoms with Gasteiger partial charge >= 0.3 is 0 Å². The summed E-state index contributed by atoms with van der Waals surface area (Å²) in [6.07, 6.45) is 2.65. The smallest absolute Gasteiger partial charge is 0.282 e. The molecule has 1 aliphatic carbocycles. The number of carbonyl (C=O) groups is 2. The number of hydrogen-bond acceptors (Lipinski definition) is 5. The highest BCUT2D eigenvalue weighted by molar-refractivity contribution is 7.17. The molecule has 3 rings (SSSR count). The molecule has 7 nitrogen and oxygen atoms in total. The zero-order chi connectivity index (χ0) is 18.8. The van der Waals surface area contributed by atoms with Crippen LogP contribution in [0.25, 0.3) is 0 Å². The first-order valence-electron chi connectivity index (χ1n) is 8.33. The Morgan fingerprint density at radius 2 is 2.00 bits per heavy atom. The van der Waals surface area contributed by atoms with Gasteiger partial charge in [0.15, 0.2) is 0 Å². The maximum absolute atomic E-state index is 12.6. The van der Waals surface area contributed by atoms with Crippen molar-refractivity contribution in [3.05, 3.63) is 55.9 Å². The Balaban J connectivity index is 1.99. The number of nitrogens with zero attached hydrogens (tertiary/aromatic N) is 1. The number of nitro benzene ring substituents is 1. The van der Waals surface area contributed by atoms with Crippen molar-refractivity contribution in [3.63, 3.8) is 0 Å². The molecule has 0 unspecified atom stereocenters. The first kappa shape index (κ1) is 18.1. The third kappa shape index (κ3) is 3.32. The van der Waals surface area contributed by atoms with E-state index in [1.54, 1.807) is 13.1 Å². The van der Waals surface area contributed by atoms with Crippen LogP contribution in [0, 0.1) is 16.0 Å². The van der Waals surface area contributed by atoms with Gasteiger partial charge in [0, 0.05) is 18.0 Å². The normalized spacial score (nSPS) is 15.8. The number of rotatable bonds is 4. The fraction of sp³-hybridized carbons (Fsp3) is 0.333. The van der Waals surface area contributed by atoms with Crippen molar-refractivity contribution in [1.82, 2.24) is 5.32 Å². The highest BCUT2D eigenvalue weighted by Crippen LogP contribution is 2.40. The van der Waals surface area contributed by atoms with Crippen molar-refractivity contribution >= 4 is 33.8 Å². The summed E-state index contributed by atoms with van der Waals surface area (Å²) in [6.45, 7) is 2.16. The van der Waals surface area contributed by atoms with E-state index in [1.807, 2.05) is 0 Å². The minimum Gasteiger partial charge on any atom is -0.355 e. The predicted molar refractivity (Wildman–Crippen MR) is 99.9 cm³/mol. The molecule has 0 spiro atoms. The van der Waals surface area contributed by atoms with Crippen LogP contribution in [-0.2, 0) is 12.8 Å². The van der Waals surface area contributed by atoms with Crippen LogP contribution >= 0.6 is 11.3 Å². The van der Waals surface area contributed by atoms with Gasteiger partial charge in [0.25, 0.3) is 17.5 Å². The molecule has 0 bridgehead atoms. The van der Waals surface area contributed by atoms with E-state index in [0.717, 1.165) is 29.7 Å². The lowest BCUT2D eigenvalue weighted by atomic mass is 9.88. The van der Waals surface area contributed by atoms with Gasteiger partial charge in [-0.25, -0.2) is 0 Å². The molecule has 26 heavy (non-hydrogen) atoms. The lowest BCUT2D eigenvalue weighted by molar-refractivity contribution is -0.385. The molecular weight excluding hydrogens is 354 g/mol. The summed E-state index contributed by atoms with van der Waals surface area (Å²) >= 11 is 1.38. The summed E-state index contributed by atoms with van der Waals surface area (Å²) in [7, 11) is 1.55. The molecule has 0 saturated heterocycles. The van der Waals surface area contributed by atoms with Gasteiger partial charge in [0.1, 0.15) is 10.6 Å². The average Bonchev–Trinajstić information content (AvgIpc) is 2.97. The standard InChI is InChI=1S/C18H19N3O4S/c1-10-7-8-12-14(9-10)26-18(15(12)17(23)19-2)20-16(22)11-5-3-4-6-13(11)21(24)25/h3-6,10H,7-9H2,1-2H3,(H,19,23)(H,20,22)/t10-/m0/s1. The minimum absolute atomic E-state index is 0.0277.